The van der Waals surface area contributed by atoms with Crippen LogP contribution in [0.2, 0.25) is 0 Å². The van der Waals surface area contributed by atoms with Crippen LogP contribution in [0.3, 0.4) is 0 Å². The van der Waals surface area contributed by atoms with E-state index in [-0.39, 0.29) is 0 Å². The van der Waals surface area contributed by atoms with E-state index in [9.17, 15) is 0 Å². The highest BCUT2D eigenvalue weighted by atomic mass is 15.3. The Balaban J connectivity index is 1.54. The maximum atomic E-state index is 4.75. The molecule has 6 nitrogen and oxygen atoms in total. The number of likely N-dealkylation sites (N-methyl/N-ethyl adjacent to an activating group) is 1. The third kappa shape index (κ3) is 8.69. The number of aliphatic imine (C=N–C) groups is 1. The fourth-order valence-electron chi connectivity index (χ4n) is 3.82. The lowest BCUT2D eigenvalue weighted by Crippen LogP contribution is -2.46. The first-order valence-electron chi connectivity index (χ1n) is 11.0. The quantitative estimate of drug-likeness (QED) is 0.348. The topological polar surface area (TPSA) is 46.1 Å². The SMILES string of the molecule is CCNC(=NCCCCN1CCN(CC)CC1)NCCN1CCCCC1. The van der Waals surface area contributed by atoms with E-state index in [4.69, 9.17) is 4.99 Å². The summed E-state index contributed by atoms with van der Waals surface area (Å²) < 4.78 is 0. The minimum Gasteiger partial charge on any atom is -0.357 e. The smallest absolute Gasteiger partial charge is 0.191 e. The molecule has 2 rings (SSSR count). The van der Waals surface area contributed by atoms with Crippen molar-refractivity contribution in [2.24, 2.45) is 4.99 Å². The molecule has 2 heterocycles. The lowest BCUT2D eigenvalue weighted by Gasteiger charge is -2.33. The summed E-state index contributed by atoms with van der Waals surface area (Å²) in [4.78, 5) is 12.5. The Labute approximate surface area is 161 Å². The predicted molar refractivity (Wildman–Crippen MR) is 112 cm³/mol. The van der Waals surface area contributed by atoms with Crippen LogP contribution in [-0.2, 0) is 0 Å². The maximum absolute atomic E-state index is 4.75. The number of guanidine groups is 1. The van der Waals surface area contributed by atoms with Crippen LogP contribution in [-0.4, -0.2) is 99.2 Å². The van der Waals surface area contributed by atoms with Crippen LogP contribution < -0.4 is 10.6 Å². The van der Waals surface area contributed by atoms with E-state index in [1.54, 1.807) is 0 Å². The Hall–Kier alpha value is -0.850. The number of hydrogen-bond donors (Lipinski definition) is 2. The van der Waals surface area contributed by atoms with Crippen molar-refractivity contribution in [3.63, 3.8) is 0 Å². The van der Waals surface area contributed by atoms with Crippen LogP contribution in [0.5, 0.6) is 0 Å². The zero-order chi connectivity index (χ0) is 18.5. The molecule has 0 atom stereocenters. The highest BCUT2D eigenvalue weighted by molar-refractivity contribution is 5.79. The van der Waals surface area contributed by atoms with Gasteiger partial charge in [-0.3, -0.25) is 4.99 Å². The van der Waals surface area contributed by atoms with Crippen molar-refractivity contribution in [2.45, 2.75) is 46.0 Å². The van der Waals surface area contributed by atoms with Crippen molar-refractivity contribution in [3.8, 4) is 0 Å². The van der Waals surface area contributed by atoms with Gasteiger partial charge in [-0.1, -0.05) is 13.3 Å². The maximum Gasteiger partial charge on any atom is 0.191 e. The first-order valence-corrected chi connectivity index (χ1v) is 11.0. The zero-order valence-corrected chi connectivity index (χ0v) is 17.3. The van der Waals surface area contributed by atoms with E-state index in [1.807, 2.05) is 0 Å². The summed E-state index contributed by atoms with van der Waals surface area (Å²) in [5.74, 6) is 0.987. The van der Waals surface area contributed by atoms with Crippen molar-refractivity contribution < 1.29 is 0 Å². The van der Waals surface area contributed by atoms with Crippen molar-refractivity contribution in [3.05, 3.63) is 0 Å². The fraction of sp³-hybridized carbons (Fsp3) is 0.950. The van der Waals surface area contributed by atoms with Crippen LogP contribution in [0.25, 0.3) is 0 Å². The molecule has 0 aromatic rings. The molecular formula is C20H42N6. The molecule has 26 heavy (non-hydrogen) atoms. The highest BCUT2D eigenvalue weighted by Crippen LogP contribution is 2.07. The van der Waals surface area contributed by atoms with Gasteiger partial charge >= 0.3 is 0 Å². The number of piperazine rings is 1. The second-order valence-corrected chi connectivity index (χ2v) is 7.57. The van der Waals surface area contributed by atoms with Crippen molar-refractivity contribution in [2.75, 3.05) is 78.5 Å². The largest absolute Gasteiger partial charge is 0.357 e. The van der Waals surface area contributed by atoms with Crippen molar-refractivity contribution in [1.29, 1.82) is 0 Å². The van der Waals surface area contributed by atoms with Gasteiger partial charge in [0.15, 0.2) is 5.96 Å². The number of hydrogen-bond acceptors (Lipinski definition) is 4. The first kappa shape index (κ1) is 21.5. The van der Waals surface area contributed by atoms with E-state index in [1.165, 1.54) is 84.5 Å². The van der Waals surface area contributed by atoms with E-state index < -0.39 is 0 Å². The second-order valence-electron chi connectivity index (χ2n) is 7.57. The third-order valence-electron chi connectivity index (χ3n) is 5.58. The minimum absolute atomic E-state index is 0.925. The molecular weight excluding hydrogens is 324 g/mol. The Morgan fingerprint density at radius 3 is 2.15 bits per heavy atom. The average molecular weight is 367 g/mol. The molecule has 2 fully saturated rings. The molecule has 0 unspecified atom stereocenters. The molecule has 0 amide bonds. The number of likely N-dealkylation sites (tertiary alicyclic amines) is 1. The zero-order valence-electron chi connectivity index (χ0n) is 17.3. The Morgan fingerprint density at radius 1 is 0.769 bits per heavy atom. The molecule has 2 N–H and O–H groups in total. The number of rotatable bonds is 10. The van der Waals surface area contributed by atoms with Crippen LogP contribution in [0.4, 0.5) is 0 Å². The van der Waals surface area contributed by atoms with Crippen LogP contribution in [0.15, 0.2) is 4.99 Å². The molecule has 0 radical (unpaired) electrons. The van der Waals surface area contributed by atoms with Crippen LogP contribution >= 0.6 is 0 Å². The first-order chi connectivity index (χ1) is 12.8. The molecule has 0 saturated carbocycles. The van der Waals surface area contributed by atoms with Crippen LogP contribution in [0, 0.1) is 0 Å². The summed E-state index contributed by atoms with van der Waals surface area (Å²) in [5.41, 5.74) is 0. The molecule has 0 aromatic heterocycles. The van der Waals surface area contributed by atoms with Crippen molar-refractivity contribution in [1.82, 2.24) is 25.3 Å². The standard InChI is InChI=1S/C20H42N6/c1-3-21-20(23-11-15-25-12-7-5-8-13-25)22-10-6-9-14-26-18-16-24(4-2)17-19-26/h3-19H2,1-2H3,(H2,21,22,23). The van der Waals surface area contributed by atoms with Gasteiger partial charge in [0.25, 0.3) is 0 Å². The lowest BCUT2D eigenvalue weighted by atomic mass is 10.1. The van der Waals surface area contributed by atoms with Gasteiger partial charge in [-0.25, -0.2) is 0 Å². The van der Waals surface area contributed by atoms with E-state index >= 15 is 0 Å². The van der Waals surface area contributed by atoms with Gasteiger partial charge in [-0.05, 0) is 58.8 Å². The van der Waals surface area contributed by atoms with Gasteiger partial charge in [-0.2, -0.15) is 0 Å². The average Bonchev–Trinajstić information content (AvgIpc) is 2.69. The predicted octanol–water partition coefficient (Wildman–Crippen LogP) is 1.45. The summed E-state index contributed by atoms with van der Waals surface area (Å²) in [5, 5.41) is 6.88. The molecule has 2 aliphatic rings. The Bertz CT molecular complexity index is 372. The van der Waals surface area contributed by atoms with Crippen LogP contribution in [0.1, 0.15) is 46.0 Å². The number of nitrogens with zero attached hydrogens (tertiary/aromatic N) is 4. The summed E-state index contributed by atoms with van der Waals surface area (Å²) >= 11 is 0. The molecule has 0 bridgehead atoms. The number of nitrogens with one attached hydrogen (secondary N) is 2. The van der Waals surface area contributed by atoms with E-state index in [0.29, 0.717) is 0 Å². The fourth-order valence-corrected chi connectivity index (χ4v) is 3.82. The van der Waals surface area contributed by atoms with E-state index in [2.05, 4.69) is 39.2 Å². The molecule has 2 aliphatic heterocycles. The molecule has 0 aromatic carbocycles. The second kappa shape index (κ2) is 13.3. The molecule has 152 valence electrons. The summed E-state index contributed by atoms with van der Waals surface area (Å²) in [6.07, 6.45) is 6.56. The van der Waals surface area contributed by atoms with Gasteiger partial charge in [0.2, 0.25) is 0 Å². The normalized spacial score (nSPS) is 21.1. The number of unbranched alkanes of at least 4 members (excludes halogenated alkanes) is 1. The Morgan fingerprint density at radius 2 is 1.46 bits per heavy atom. The summed E-state index contributed by atoms with van der Waals surface area (Å²) in [6, 6.07) is 0. The van der Waals surface area contributed by atoms with Gasteiger partial charge in [0, 0.05) is 52.4 Å². The van der Waals surface area contributed by atoms with Gasteiger partial charge in [-0.15, -0.1) is 0 Å². The monoisotopic (exact) mass is 366 g/mol. The third-order valence-corrected chi connectivity index (χ3v) is 5.58. The molecule has 6 heteroatoms. The summed E-state index contributed by atoms with van der Waals surface area (Å²) in [7, 11) is 0. The number of piperidine rings is 1. The van der Waals surface area contributed by atoms with Gasteiger partial charge in [0.05, 0.1) is 0 Å². The summed E-state index contributed by atoms with van der Waals surface area (Å²) in [6.45, 7) is 18.3. The molecule has 0 spiro atoms. The molecule has 0 aliphatic carbocycles. The van der Waals surface area contributed by atoms with Gasteiger partial charge < -0.3 is 25.3 Å². The van der Waals surface area contributed by atoms with E-state index in [0.717, 1.165) is 32.1 Å². The minimum atomic E-state index is 0.925. The highest BCUT2D eigenvalue weighted by Gasteiger charge is 2.14. The van der Waals surface area contributed by atoms with Gasteiger partial charge in [0.1, 0.15) is 0 Å². The lowest BCUT2D eigenvalue weighted by molar-refractivity contribution is 0.136. The molecule has 2 saturated heterocycles. The Kier molecular flexibility index (Phi) is 11.0. The van der Waals surface area contributed by atoms with Crippen molar-refractivity contribution >= 4 is 5.96 Å².